The number of carbonyl (C=O) groups is 2. The van der Waals surface area contributed by atoms with Gasteiger partial charge < -0.3 is 15.2 Å². The van der Waals surface area contributed by atoms with Gasteiger partial charge in [0.25, 0.3) is 5.91 Å². The number of aryl methyl sites for hydroxylation is 1. The molecule has 1 aromatic heterocycles. The number of nitrogens with one attached hydrogen (secondary N) is 1. The maximum absolute atomic E-state index is 12.2. The molecule has 104 valence electrons. The Balaban J connectivity index is 2.31. The molecular formula is C13H13N3O4. The van der Waals surface area contributed by atoms with Crippen LogP contribution in [0, 0.1) is 0 Å². The van der Waals surface area contributed by atoms with Crippen molar-refractivity contribution in [3.63, 3.8) is 0 Å². The molecule has 20 heavy (non-hydrogen) atoms. The molecule has 2 aromatic rings. The molecule has 0 fully saturated rings. The SMILES string of the molecule is COc1ccccc1C(=O)Nc1cnn(C)c1C(=O)O. The largest absolute Gasteiger partial charge is 0.496 e. The van der Waals surface area contributed by atoms with E-state index in [2.05, 4.69) is 10.4 Å². The molecule has 0 saturated heterocycles. The van der Waals surface area contributed by atoms with Gasteiger partial charge in [0.15, 0.2) is 5.69 Å². The van der Waals surface area contributed by atoms with E-state index in [0.717, 1.165) is 0 Å². The van der Waals surface area contributed by atoms with Crippen molar-refractivity contribution >= 4 is 17.6 Å². The first-order valence-electron chi connectivity index (χ1n) is 5.74. The Labute approximate surface area is 114 Å². The molecule has 2 N–H and O–H groups in total. The molecule has 0 spiro atoms. The fourth-order valence-electron chi connectivity index (χ4n) is 1.80. The number of carbonyl (C=O) groups excluding carboxylic acids is 1. The Morgan fingerprint density at radius 1 is 1.35 bits per heavy atom. The number of methoxy groups -OCH3 is 1. The molecule has 0 aliphatic carbocycles. The number of aromatic nitrogens is 2. The third-order valence-corrected chi connectivity index (χ3v) is 2.74. The zero-order valence-corrected chi connectivity index (χ0v) is 11.0. The molecule has 2 rings (SSSR count). The molecule has 7 heteroatoms. The summed E-state index contributed by atoms with van der Waals surface area (Å²) in [4.78, 5) is 23.3. The zero-order valence-electron chi connectivity index (χ0n) is 11.0. The average molecular weight is 275 g/mol. The normalized spacial score (nSPS) is 10.1. The van der Waals surface area contributed by atoms with Crippen LogP contribution < -0.4 is 10.1 Å². The number of hydrogen-bond acceptors (Lipinski definition) is 4. The number of para-hydroxylation sites is 1. The van der Waals surface area contributed by atoms with Crippen LogP contribution in [0.25, 0.3) is 0 Å². The Morgan fingerprint density at radius 3 is 2.70 bits per heavy atom. The molecule has 0 aliphatic heterocycles. The van der Waals surface area contributed by atoms with Crippen molar-refractivity contribution in [3.8, 4) is 5.75 Å². The van der Waals surface area contributed by atoms with Crippen LogP contribution in [0.3, 0.4) is 0 Å². The first-order chi connectivity index (χ1) is 9.54. The van der Waals surface area contributed by atoms with Crippen molar-refractivity contribution in [1.82, 2.24) is 9.78 Å². The van der Waals surface area contributed by atoms with E-state index in [0.29, 0.717) is 11.3 Å². The van der Waals surface area contributed by atoms with Gasteiger partial charge in [0, 0.05) is 7.05 Å². The molecule has 0 aliphatic rings. The van der Waals surface area contributed by atoms with Crippen LogP contribution >= 0.6 is 0 Å². The summed E-state index contributed by atoms with van der Waals surface area (Å²) in [5, 5.41) is 15.4. The number of benzene rings is 1. The zero-order chi connectivity index (χ0) is 14.7. The lowest BCUT2D eigenvalue weighted by atomic mass is 10.2. The second-order valence-electron chi connectivity index (χ2n) is 3.99. The van der Waals surface area contributed by atoms with Gasteiger partial charge in [-0.3, -0.25) is 9.48 Å². The number of anilines is 1. The lowest BCUT2D eigenvalue weighted by Crippen LogP contribution is -2.16. The highest BCUT2D eigenvalue weighted by atomic mass is 16.5. The number of aromatic carboxylic acids is 1. The monoisotopic (exact) mass is 275 g/mol. The van der Waals surface area contributed by atoms with Gasteiger partial charge in [-0.1, -0.05) is 12.1 Å². The Kier molecular flexibility index (Phi) is 3.69. The summed E-state index contributed by atoms with van der Waals surface area (Å²) in [7, 11) is 2.95. The summed E-state index contributed by atoms with van der Waals surface area (Å²) >= 11 is 0. The van der Waals surface area contributed by atoms with Crippen molar-refractivity contribution < 1.29 is 19.4 Å². The third kappa shape index (κ3) is 2.46. The predicted molar refractivity (Wildman–Crippen MR) is 71.1 cm³/mol. The first-order valence-corrected chi connectivity index (χ1v) is 5.74. The highest BCUT2D eigenvalue weighted by Crippen LogP contribution is 2.20. The molecule has 0 unspecified atom stereocenters. The van der Waals surface area contributed by atoms with E-state index < -0.39 is 11.9 Å². The minimum Gasteiger partial charge on any atom is -0.496 e. The summed E-state index contributed by atoms with van der Waals surface area (Å²) in [6.45, 7) is 0. The van der Waals surface area contributed by atoms with E-state index in [1.165, 1.54) is 25.0 Å². The third-order valence-electron chi connectivity index (χ3n) is 2.74. The van der Waals surface area contributed by atoms with Crippen molar-refractivity contribution in [3.05, 3.63) is 41.7 Å². The average Bonchev–Trinajstić information content (AvgIpc) is 2.79. The van der Waals surface area contributed by atoms with E-state index in [9.17, 15) is 9.59 Å². The fourth-order valence-corrected chi connectivity index (χ4v) is 1.80. The maximum atomic E-state index is 12.2. The van der Waals surface area contributed by atoms with Crippen LogP contribution in [0.15, 0.2) is 30.5 Å². The first kappa shape index (κ1) is 13.6. The molecular weight excluding hydrogens is 262 g/mol. The number of hydrogen-bond donors (Lipinski definition) is 2. The molecule has 0 bridgehead atoms. The van der Waals surface area contributed by atoms with Crippen LogP contribution in [0.4, 0.5) is 5.69 Å². The quantitative estimate of drug-likeness (QED) is 0.879. The summed E-state index contributed by atoms with van der Waals surface area (Å²) in [6.07, 6.45) is 1.29. The molecule has 1 amide bonds. The second kappa shape index (κ2) is 5.43. The topological polar surface area (TPSA) is 93.5 Å². The number of carboxylic acid groups (broad SMARTS) is 1. The lowest BCUT2D eigenvalue weighted by Gasteiger charge is -2.08. The summed E-state index contributed by atoms with van der Waals surface area (Å²) in [5.41, 5.74) is 0.361. The van der Waals surface area contributed by atoms with Gasteiger partial charge in [0.1, 0.15) is 5.75 Å². The van der Waals surface area contributed by atoms with Crippen molar-refractivity contribution in [2.75, 3.05) is 12.4 Å². The minimum atomic E-state index is -1.17. The molecule has 0 radical (unpaired) electrons. The van der Waals surface area contributed by atoms with Crippen molar-refractivity contribution in [2.45, 2.75) is 0 Å². The van der Waals surface area contributed by atoms with Gasteiger partial charge in [-0.15, -0.1) is 0 Å². The van der Waals surface area contributed by atoms with E-state index in [4.69, 9.17) is 9.84 Å². The fraction of sp³-hybridized carbons (Fsp3) is 0.154. The smallest absolute Gasteiger partial charge is 0.356 e. The van der Waals surface area contributed by atoms with Crippen LogP contribution in [-0.4, -0.2) is 33.9 Å². The van der Waals surface area contributed by atoms with Gasteiger partial charge in [0.2, 0.25) is 0 Å². The molecule has 0 saturated carbocycles. The van der Waals surface area contributed by atoms with E-state index in [-0.39, 0.29) is 11.4 Å². The lowest BCUT2D eigenvalue weighted by molar-refractivity contribution is 0.0686. The molecule has 7 nitrogen and oxygen atoms in total. The maximum Gasteiger partial charge on any atom is 0.356 e. The van der Waals surface area contributed by atoms with Gasteiger partial charge in [-0.2, -0.15) is 5.10 Å². The Morgan fingerprint density at radius 2 is 2.05 bits per heavy atom. The highest BCUT2D eigenvalue weighted by Gasteiger charge is 2.19. The molecule has 0 atom stereocenters. The van der Waals surface area contributed by atoms with Crippen molar-refractivity contribution in [1.29, 1.82) is 0 Å². The highest BCUT2D eigenvalue weighted by molar-refractivity contribution is 6.08. The Hall–Kier alpha value is -2.83. The Bertz CT molecular complexity index is 663. The minimum absolute atomic E-state index is 0.0896. The van der Waals surface area contributed by atoms with E-state index in [1.807, 2.05) is 0 Å². The standard InChI is InChI=1S/C13H13N3O4/c1-16-11(13(18)19)9(7-14-16)15-12(17)8-5-3-4-6-10(8)20-2/h3-7H,1-2H3,(H,15,17)(H,18,19). The molecule has 1 aromatic carbocycles. The second-order valence-corrected chi connectivity index (χ2v) is 3.99. The summed E-state index contributed by atoms with van der Waals surface area (Å²) < 4.78 is 6.27. The number of ether oxygens (including phenoxy) is 1. The van der Waals surface area contributed by atoms with Crippen LogP contribution in [0.5, 0.6) is 5.75 Å². The molecule has 1 heterocycles. The van der Waals surface area contributed by atoms with Crippen LogP contribution in [0.1, 0.15) is 20.8 Å². The van der Waals surface area contributed by atoms with Gasteiger partial charge >= 0.3 is 5.97 Å². The van der Waals surface area contributed by atoms with Gasteiger partial charge in [-0.25, -0.2) is 4.79 Å². The van der Waals surface area contributed by atoms with Crippen LogP contribution in [0.2, 0.25) is 0 Å². The predicted octanol–water partition coefficient (Wildman–Crippen LogP) is 1.38. The van der Waals surface area contributed by atoms with Crippen molar-refractivity contribution in [2.24, 2.45) is 7.05 Å². The van der Waals surface area contributed by atoms with E-state index >= 15 is 0 Å². The number of amides is 1. The number of carboxylic acids is 1. The number of rotatable bonds is 4. The van der Waals surface area contributed by atoms with Crippen LogP contribution in [-0.2, 0) is 7.05 Å². The van der Waals surface area contributed by atoms with Gasteiger partial charge in [-0.05, 0) is 12.1 Å². The number of nitrogens with zero attached hydrogens (tertiary/aromatic N) is 2. The summed E-state index contributed by atoms with van der Waals surface area (Å²) in [6, 6.07) is 6.67. The van der Waals surface area contributed by atoms with E-state index in [1.54, 1.807) is 24.3 Å². The summed E-state index contributed by atoms with van der Waals surface area (Å²) in [5.74, 6) is -1.22. The van der Waals surface area contributed by atoms with Gasteiger partial charge in [0.05, 0.1) is 24.6 Å².